The minimum absolute atomic E-state index is 0.420. The van der Waals surface area contributed by atoms with Gasteiger partial charge in [0.25, 0.3) is 0 Å². The number of fused-ring (bicyclic) bond motifs is 1. The fraction of sp³-hybridized carbons (Fsp3) is 0.957. The predicted molar refractivity (Wildman–Crippen MR) is 110 cm³/mol. The van der Waals surface area contributed by atoms with E-state index in [-0.39, 0.29) is 0 Å². The molecular weight excluding hydrogens is 370 g/mol. The Hall–Kier alpha value is -0.690. The Bertz CT molecular complexity index is 541. The van der Waals surface area contributed by atoms with Gasteiger partial charge in [-0.1, -0.05) is 19.3 Å². The standard InChI is InChI=1S/C23H39NO5/c1-27-22(25)23(26)9-11-24(12-10-23)15-17-13-18-14-20(7-8-21(18)28-16-17)29-19-5-3-2-4-6-19/h17-21,26H,2-16H2,1H3. The molecule has 0 aromatic carbocycles. The van der Waals surface area contributed by atoms with Crippen molar-refractivity contribution in [3.63, 3.8) is 0 Å². The smallest absolute Gasteiger partial charge is 0.337 e. The molecule has 6 nitrogen and oxygen atoms in total. The Morgan fingerprint density at radius 3 is 2.55 bits per heavy atom. The first-order valence-corrected chi connectivity index (χ1v) is 11.9. The van der Waals surface area contributed by atoms with Crippen molar-refractivity contribution in [1.29, 1.82) is 0 Å². The molecule has 0 aromatic rings. The van der Waals surface area contributed by atoms with Crippen molar-refractivity contribution in [3.8, 4) is 0 Å². The van der Waals surface area contributed by atoms with E-state index in [1.54, 1.807) is 0 Å². The quantitative estimate of drug-likeness (QED) is 0.704. The van der Waals surface area contributed by atoms with E-state index in [1.165, 1.54) is 45.6 Å². The average Bonchev–Trinajstić information content (AvgIpc) is 2.75. The highest BCUT2D eigenvalue weighted by Gasteiger charge is 2.42. The molecule has 2 aliphatic heterocycles. The lowest BCUT2D eigenvalue weighted by atomic mass is 9.77. The summed E-state index contributed by atoms with van der Waals surface area (Å²) in [6.07, 6.45) is 13.4. The molecule has 4 fully saturated rings. The number of carbonyl (C=O) groups excluding carboxylic acids is 1. The summed E-state index contributed by atoms with van der Waals surface area (Å²) in [7, 11) is 1.35. The van der Waals surface area contributed by atoms with Gasteiger partial charge >= 0.3 is 5.97 Å². The van der Waals surface area contributed by atoms with Gasteiger partial charge in [-0.05, 0) is 63.2 Å². The number of hydrogen-bond donors (Lipinski definition) is 1. The molecule has 29 heavy (non-hydrogen) atoms. The number of piperidine rings is 1. The molecule has 4 unspecified atom stereocenters. The maximum Gasteiger partial charge on any atom is 0.337 e. The lowest BCUT2D eigenvalue weighted by Crippen LogP contribution is -2.51. The lowest BCUT2D eigenvalue weighted by Gasteiger charge is -2.44. The second kappa shape index (κ2) is 9.63. The van der Waals surface area contributed by atoms with E-state index in [4.69, 9.17) is 14.2 Å². The minimum Gasteiger partial charge on any atom is -0.467 e. The van der Waals surface area contributed by atoms with Crippen LogP contribution in [0.4, 0.5) is 0 Å². The topological polar surface area (TPSA) is 68.2 Å². The van der Waals surface area contributed by atoms with Gasteiger partial charge in [-0.25, -0.2) is 4.79 Å². The molecule has 4 aliphatic rings. The molecule has 1 N–H and O–H groups in total. The van der Waals surface area contributed by atoms with Crippen molar-refractivity contribution in [2.75, 3.05) is 33.4 Å². The Morgan fingerprint density at radius 1 is 1.07 bits per heavy atom. The molecule has 2 saturated carbocycles. The van der Waals surface area contributed by atoms with Gasteiger partial charge in [-0.3, -0.25) is 0 Å². The summed E-state index contributed by atoms with van der Waals surface area (Å²) in [6, 6.07) is 0. The summed E-state index contributed by atoms with van der Waals surface area (Å²) in [5.41, 5.74) is -1.30. The number of carbonyl (C=O) groups is 1. The third-order valence-corrected chi connectivity index (χ3v) is 7.75. The number of hydrogen-bond acceptors (Lipinski definition) is 6. The molecule has 6 heteroatoms. The fourth-order valence-corrected chi connectivity index (χ4v) is 6.01. The van der Waals surface area contributed by atoms with E-state index in [2.05, 4.69) is 4.90 Å². The van der Waals surface area contributed by atoms with Crippen LogP contribution in [0, 0.1) is 11.8 Å². The van der Waals surface area contributed by atoms with E-state index >= 15 is 0 Å². The van der Waals surface area contributed by atoms with Crippen LogP contribution in [-0.4, -0.2) is 73.2 Å². The largest absolute Gasteiger partial charge is 0.467 e. The second-order valence-electron chi connectivity index (χ2n) is 9.89. The SMILES string of the molecule is COC(=O)C1(O)CCN(CC2COC3CCC(OC4CCCCC4)CC3C2)CC1. The van der Waals surface area contributed by atoms with Crippen LogP contribution in [0.15, 0.2) is 0 Å². The van der Waals surface area contributed by atoms with Crippen LogP contribution in [0.1, 0.15) is 70.6 Å². The normalized spacial score (nSPS) is 36.3. The molecule has 4 rings (SSSR count). The van der Waals surface area contributed by atoms with Gasteiger partial charge in [-0.2, -0.15) is 0 Å². The first-order valence-electron chi connectivity index (χ1n) is 11.9. The van der Waals surface area contributed by atoms with Crippen LogP contribution in [-0.2, 0) is 19.0 Å². The Morgan fingerprint density at radius 2 is 1.83 bits per heavy atom. The molecular formula is C23H39NO5. The minimum atomic E-state index is -1.30. The summed E-state index contributed by atoms with van der Waals surface area (Å²) in [5, 5.41) is 10.4. The molecule has 2 saturated heterocycles. The number of likely N-dealkylation sites (tertiary alicyclic amines) is 1. The molecule has 0 aromatic heterocycles. The summed E-state index contributed by atoms with van der Waals surface area (Å²) in [6.45, 7) is 3.31. The number of esters is 1. The second-order valence-corrected chi connectivity index (χ2v) is 9.89. The number of methoxy groups -OCH3 is 1. The van der Waals surface area contributed by atoms with Gasteiger partial charge in [0.05, 0.1) is 32.0 Å². The highest BCUT2D eigenvalue weighted by atomic mass is 16.5. The van der Waals surface area contributed by atoms with E-state index in [0.717, 1.165) is 45.5 Å². The van der Waals surface area contributed by atoms with Gasteiger partial charge in [0.15, 0.2) is 5.60 Å². The summed E-state index contributed by atoms with van der Waals surface area (Å²) >= 11 is 0. The molecule has 0 radical (unpaired) electrons. The highest BCUT2D eigenvalue weighted by Crippen LogP contribution is 2.38. The van der Waals surface area contributed by atoms with E-state index < -0.39 is 11.6 Å². The zero-order chi connectivity index (χ0) is 20.3. The zero-order valence-electron chi connectivity index (χ0n) is 18.0. The number of rotatable bonds is 5. The van der Waals surface area contributed by atoms with Gasteiger partial charge in [0.2, 0.25) is 0 Å². The first-order chi connectivity index (χ1) is 14.1. The van der Waals surface area contributed by atoms with Crippen LogP contribution in [0.25, 0.3) is 0 Å². The molecule has 0 amide bonds. The fourth-order valence-electron chi connectivity index (χ4n) is 6.01. The number of nitrogens with zero attached hydrogens (tertiary/aromatic N) is 1. The van der Waals surface area contributed by atoms with Crippen molar-refractivity contribution in [2.24, 2.45) is 11.8 Å². The third-order valence-electron chi connectivity index (χ3n) is 7.75. The predicted octanol–water partition coefficient (Wildman–Crippen LogP) is 2.91. The van der Waals surface area contributed by atoms with Crippen LogP contribution in [0.2, 0.25) is 0 Å². The van der Waals surface area contributed by atoms with Crippen molar-refractivity contribution < 1.29 is 24.1 Å². The lowest BCUT2D eigenvalue weighted by molar-refractivity contribution is -0.168. The van der Waals surface area contributed by atoms with Crippen molar-refractivity contribution >= 4 is 5.97 Å². The van der Waals surface area contributed by atoms with Crippen LogP contribution in [0.5, 0.6) is 0 Å². The monoisotopic (exact) mass is 409 g/mol. The van der Waals surface area contributed by atoms with Gasteiger partial charge in [0.1, 0.15) is 0 Å². The summed E-state index contributed by atoms with van der Waals surface area (Å²) < 4.78 is 17.5. The number of ether oxygens (including phenoxy) is 3. The molecule has 166 valence electrons. The molecule has 2 aliphatic carbocycles. The average molecular weight is 410 g/mol. The molecule has 2 heterocycles. The van der Waals surface area contributed by atoms with Gasteiger partial charge < -0.3 is 24.2 Å². The molecule has 4 atom stereocenters. The van der Waals surface area contributed by atoms with Gasteiger partial charge in [0, 0.05) is 19.6 Å². The third kappa shape index (κ3) is 5.33. The van der Waals surface area contributed by atoms with Crippen molar-refractivity contribution in [3.05, 3.63) is 0 Å². The molecule has 0 bridgehead atoms. The maximum atomic E-state index is 11.8. The van der Waals surface area contributed by atoms with Crippen molar-refractivity contribution in [1.82, 2.24) is 4.90 Å². The van der Waals surface area contributed by atoms with Crippen molar-refractivity contribution in [2.45, 2.75) is 94.5 Å². The first kappa shape index (κ1) is 21.5. The Balaban J connectivity index is 1.23. The Kier molecular flexibility index (Phi) is 7.15. The summed E-state index contributed by atoms with van der Waals surface area (Å²) in [4.78, 5) is 14.2. The van der Waals surface area contributed by atoms with Gasteiger partial charge in [-0.15, -0.1) is 0 Å². The molecule has 0 spiro atoms. The van der Waals surface area contributed by atoms with E-state index in [1.807, 2.05) is 0 Å². The number of aliphatic hydroxyl groups is 1. The maximum absolute atomic E-state index is 11.8. The summed E-state index contributed by atoms with van der Waals surface area (Å²) in [5.74, 6) is 0.661. The Labute approximate surface area is 175 Å². The van der Waals surface area contributed by atoms with Crippen LogP contribution < -0.4 is 0 Å². The van der Waals surface area contributed by atoms with Crippen LogP contribution >= 0.6 is 0 Å². The zero-order valence-corrected chi connectivity index (χ0v) is 18.0. The van der Waals surface area contributed by atoms with Crippen LogP contribution in [0.3, 0.4) is 0 Å². The van der Waals surface area contributed by atoms with E-state index in [0.29, 0.717) is 43.0 Å². The highest BCUT2D eigenvalue weighted by molar-refractivity contribution is 5.79. The van der Waals surface area contributed by atoms with E-state index in [9.17, 15) is 9.90 Å².